The molecular formula is C10H16ClN3O. The molecule has 2 atom stereocenters. The molecule has 1 aliphatic heterocycles. The SMILES string of the molecule is CC1CC(C)CN(c2nnc(CCl)o2)C1. The third-order valence-corrected chi connectivity index (χ3v) is 2.94. The van der Waals surface area contributed by atoms with Crippen LogP contribution in [0.5, 0.6) is 0 Å². The Kier molecular flexibility index (Phi) is 3.14. The summed E-state index contributed by atoms with van der Waals surface area (Å²) in [6.45, 7) is 6.49. The number of alkyl halides is 1. The highest BCUT2D eigenvalue weighted by molar-refractivity contribution is 6.16. The predicted molar refractivity (Wildman–Crippen MR) is 59.0 cm³/mol. The lowest BCUT2D eigenvalue weighted by molar-refractivity contribution is 0.339. The highest BCUT2D eigenvalue weighted by Crippen LogP contribution is 2.25. The standard InChI is InChI=1S/C10H16ClN3O/c1-7-3-8(2)6-14(5-7)10-13-12-9(4-11)15-10/h7-8H,3-6H2,1-2H3. The normalized spacial score (nSPS) is 27.0. The molecule has 2 rings (SSSR count). The molecule has 1 fully saturated rings. The summed E-state index contributed by atoms with van der Waals surface area (Å²) in [7, 11) is 0. The quantitative estimate of drug-likeness (QED) is 0.730. The molecule has 4 nitrogen and oxygen atoms in total. The van der Waals surface area contributed by atoms with E-state index in [-0.39, 0.29) is 5.88 Å². The number of nitrogens with zero attached hydrogens (tertiary/aromatic N) is 3. The average Bonchev–Trinajstić information content (AvgIpc) is 2.64. The van der Waals surface area contributed by atoms with Crippen LogP contribution in [0, 0.1) is 11.8 Å². The van der Waals surface area contributed by atoms with Gasteiger partial charge < -0.3 is 9.32 Å². The third kappa shape index (κ3) is 2.43. The summed E-state index contributed by atoms with van der Waals surface area (Å²) in [5.41, 5.74) is 0. The largest absolute Gasteiger partial charge is 0.407 e. The van der Waals surface area contributed by atoms with Crippen molar-refractivity contribution < 1.29 is 4.42 Å². The maximum Gasteiger partial charge on any atom is 0.318 e. The van der Waals surface area contributed by atoms with Crippen LogP contribution >= 0.6 is 11.6 Å². The second kappa shape index (κ2) is 4.39. The van der Waals surface area contributed by atoms with E-state index in [1.54, 1.807) is 0 Å². The van der Waals surface area contributed by atoms with Crippen molar-refractivity contribution in [1.82, 2.24) is 10.2 Å². The molecule has 0 saturated carbocycles. The first-order chi connectivity index (χ1) is 7.19. The number of aromatic nitrogens is 2. The topological polar surface area (TPSA) is 42.2 Å². The van der Waals surface area contributed by atoms with E-state index in [1.807, 2.05) is 0 Å². The van der Waals surface area contributed by atoms with Crippen LogP contribution < -0.4 is 4.90 Å². The molecule has 15 heavy (non-hydrogen) atoms. The summed E-state index contributed by atoms with van der Waals surface area (Å²) in [6, 6.07) is 0.615. The molecule has 1 aromatic rings. The van der Waals surface area contributed by atoms with E-state index in [2.05, 4.69) is 28.9 Å². The number of piperidine rings is 1. The fourth-order valence-electron chi connectivity index (χ4n) is 2.25. The zero-order chi connectivity index (χ0) is 10.8. The lowest BCUT2D eigenvalue weighted by atomic mass is 9.92. The van der Waals surface area contributed by atoms with Crippen molar-refractivity contribution >= 4 is 17.6 Å². The van der Waals surface area contributed by atoms with Gasteiger partial charge in [-0.15, -0.1) is 16.7 Å². The number of rotatable bonds is 2. The zero-order valence-electron chi connectivity index (χ0n) is 9.11. The highest BCUT2D eigenvalue weighted by atomic mass is 35.5. The Hall–Kier alpha value is -0.770. The molecule has 2 heterocycles. The van der Waals surface area contributed by atoms with Gasteiger partial charge >= 0.3 is 6.01 Å². The molecule has 0 aromatic carbocycles. The summed E-state index contributed by atoms with van der Waals surface area (Å²) in [4.78, 5) is 2.15. The molecule has 1 aromatic heterocycles. The van der Waals surface area contributed by atoms with Crippen LogP contribution in [0.2, 0.25) is 0 Å². The molecule has 0 radical (unpaired) electrons. The van der Waals surface area contributed by atoms with Gasteiger partial charge in [0.1, 0.15) is 5.88 Å². The summed E-state index contributed by atoms with van der Waals surface area (Å²) in [5, 5.41) is 7.87. The molecule has 0 aliphatic carbocycles. The van der Waals surface area contributed by atoms with Gasteiger partial charge in [0.25, 0.3) is 0 Å². The lowest BCUT2D eigenvalue weighted by Gasteiger charge is -2.33. The minimum atomic E-state index is 0.284. The van der Waals surface area contributed by atoms with Crippen LogP contribution in [0.4, 0.5) is 6.01 Å². The number of hydrogen-bond donors (Lipinski definition) is 0. The summed E-state index contributed by atoms with van der Waals surface area (Å²) >= 11 is 5.62. The molecule has 1 aliphatic rings. The van der Waals surface area contributed by atoms with Crippen LogP contribution in [-0.2, 0) is 5.88 Å². The van der Waals surface area contributed by atoms with Gasteiger partial charge in [-0.2, -0.15) is 0 Å². The fourth-order valence-corrected chi connectivity index (χ4v) is 2.35. The Bertz CT molecular complexity index is 318. The Morgan fingerprint density at radius 1 is 1.33 bits per heavy atom. The minimum absolute atomic E-state index is 0.284. The van der Waals surface area contributed by atoms with Gasteiger partial charge in [0.05, 0.1) is 0 Å². The summed E-state index contributed by atoms with van der Waals surface area (Å²) in [6.07, 6.45) is 1.27. The van der Waals surface area contributed by atoms with Crippen LogP contribution in [0.25, 0.3) is 0 Å². The van der Waals surface area contributed by atoms with Crippen molar-refractivity contribution in [2.45, 2.75) is 26.1 Å². The van der Waals surface area contributed by atoms with E-state index >= 15 is 0 Å². The van der Waals surface area contributed by atoms with E-state index in [9.17, 15) is 0 Å². The minimum Gasteiger partial charge on any atom is -0.407 e. The first-order valence-electron chi connectivity index (χ1n) is 5.32. The molecule has 0 spiro atoms. The van der Waals surface area contributed by atoms with Gasteiger partial charge in [-0.25, -0.2) is 0 Å². The van der Waals surface area contributed by atoms with Crippen LogP contribution in [0.15, 0.2) is 4.42 Å². The Morgan fingerprint density at radius 3 is 2.53 bits per heavy atom. The van der Waals surface area contributed by atoms with Crippen molar-refractivity contribution in [2.75, 3.05) is 18.0 Å². The van der Waals surface area contributed by atoms with Crippen LogP contribution in [-0.4, -0.2) is 23.3 Å². The van der Waals surface area contributed by atoms with Crippen molar-refractivity contribution in [3.63, 3.8) is 0 Å². The van der Waals surface area contributed by atoms with E-state index in [1.165, 1.54) is 6.42 Å². The predicted octanol–water partition coefficient (Wildman–Crippen LogP) is 2.29. The summed E-state index contributed by atoms with van der Waals surface area (Å²) in [5.74, 6) is 2.14. The highest BCUT2D eigenvalue weighted by Gasteiger charge is 2.25. The monoisotopic (exact) mass is 229 g/mol. The number of hydrogen-bond acceptors (Lipinski definition) is 4. The van der Waals surface area contributed by atoms with Crippen LogP contribution in [0.3, 0.4) is 0 Å². The average molecular weight is 230 g/mol. The van der Waals surface area contributed by atoms with E-state index in [0.717, 1.165) is 13.1 Å². The van der Waals surface area contributed by atoms with Crippen LogP contribution in [0.1, 0.15) is 26.2 Å². The van der Waals surface area contributed by atoms with Gasteiger partial charge in [0, 0.05) is 13.1 Å². The second-order valence-electron chi connectivity index (χ2n) is 4.46. The second-order valence-corrected chi connectivity index (χ2v) is 4.73. The van der Waals surface area contributed by atoms with Crippen molar-refractivity contribution in [3.05, 3.63) is 5.89 Å². The Morgan fingerprint density at radius 2 is 2.00 bits per heavy atom. The molecule has 2 unspecified atom stereocenters. The first-order valence-corrected chi connectivity index (χ1v) is 5.85. The van der Waals surface area contributed by atoms with E-state index in [0.29, 0.717) is 23.7 Å². The molecule has 5 heteroatoms. The molecule has 0 bridgehead atoms. The Balaban J connectivity index is 2.09. The van der Waals surface area contributed by atoms with Gasteiger partial charge in [0.2, 0.25) is 5.89 Å². The molecule has 0 N–H and O–H groups in total. The van der Waals surface area contributed by atoms with Crippen molar-refractivity contribution in [2.24, 2.45) is 11.8 Å². The van der Waals surface area contributed by atoms with Gasteiger partial charge in [-0.3, -0.25) is 0 Å². The first kappa shape index (κ1) is 10.7. The Labute approximate surface area is 94.6 Å². The maximum absolute atomic E-state index is 5.62. The molecular weight excluding hydrogens is 214 g/mol. The smallest absolute Gasteiger partial charge is 0.318 e. The molecule has 1 saturated heterocycles. The van der Waals surface area contributed by atoms with Gasteiger partial charge in [-0.05, 0) is 18.3 Å². The van der Waals surface area contributed by atoms with E-state index < -0.39 is 0 Å². The molecule has 0 amide bonds. The van der Waals surface area contributed by atoms with Crippen molar-refractivity contribution in [3.8, 4) is 0 Å². The van der Waals surface area contributed by atoms with Gasteiger partial charge in [0.15, 0.2) is 0 Å². The summed E-state index contributed by atoms with van der Waals surface area (Å²) < 4.78 is 5.44. The lowest BCUT2D eigenvalue weighted by Crippen LogP contribution is -2.38. The fraction of sp³-hybridized carbons (Fsp3) is 0.800. The zero-order valence-corrected chi connectivity index (χ0v) is 9.87. The van der Waals surface area contributed by atoms with E-state index in [4.69, 9.17) is 16.0 Å². The molecule has 84 valence electrons. The number of halogens is 1. The van der Waals surface area contributed by atoms with Crippen molar-refractivity contribution in [1.29, 1.82) is 0 Å². The maximum atomic E-state index is 5.62. The number of anilines is 1. The van der Waals surface area contributed by atoms with Gasteiger partial charge in [-0.1, -0.05) is 18.9 Å². The third-order valence-electron chi connectivity index (χ3n) is 2.71.